The highest BCUT2D eigenvalue weighted by atomic mass is 16.3. The number of urea groups is 1. The van der Waals surface area contributed by atoms with Crippen LogP contribution in [0.4, 0.5) is 4.79 Å². The number of hydrogen-bond donors (Lipinski definition) is 3. The summed E-state index contributed by atoms with van der Waals surface area (Å²) in [5.41, 5.74) is 2.50. The highest BCUT2D eigenvalue weighted by Crippen LogP contribution is 2.26. The Morgan fingerprint density at radius 1 is 0.842 bits per heavy atom. The summed E-state index contributed by atoms with van der Waals surface area (Å²) in [6.07, 6.45) is 1.20. The fraction of sp³-hybridized carbons (Fsp3) is 0.333. The Labute approximate surface area is 223 Å². The van der Waals surface area contributed by atoms with Crippen molar-refractivity contribution in [3.63, 3.8) is 0 Å². The number of aromatic hydroxyl groups is 2. The zero-order valence-electron chi connectivity index (χ0n) is 21.6. The molecule has 0 aliphatic carbocycles. The molecule has 1 aliphatic heterocycles. The van der Waals surface area contributed by atoms with E-state index in [1.165, 1.54) is 10.0 Å². The van der Waals surface area contributed by atoms with Crippen molar-refractivity contribution in [3.05, 3.63) is 95.6 Å². The molecule has 0 bridgehead atoms. The number of β-amino-alcohol motifs (C(OH)–C–C–N with tert-alkyl or cyclic N) is 1. The predicted molar refractivity (Wildman–Crippen MR) is 144 cm³/mol. The fourth-order valence-corrected chi connectivity index (χ4v) is 4.70. The predicted octanol–water partition coefficient (Wildman–Crippen LogP) is 4.44. The van der Waals surface area contributed by atoms with Gasteiger partial charge in [-0.3, -0.25) is 4.79 Å². The van der Waals surface area contributed by atoms with Crippen LogP contribution in [0, 0.1) is 0 Å². The van der Waals surface area contributed by atoms with E-state index in [1.54, 1.807) is 53.4 Å². The summed E-state index contributed by atoms with van der Waals surface area (Å²) >= 11 is 0. The first-order chi connectivity index (χ1) is 18.4. The van der Waals surface area contributed by atoms with Crippen LogP contribution in [0.2, 0.25) is 0 Å². The number of benzene rings is 3. The van der Waals surface area contributed by atoms with Crippen LogP contribution in [0.25, 0.3) is 0 Å². The standard InChI is InChI=1S/C30H35N3O5/c1-2-3-9-29(37)32-21-28(36)27(18-22-7-5-4-6-8-22)31(19-23-10-14-25(34)15-11-23)30(38)33(32)20-24-12-16-26(35)17-13-24/h4-8,10-17,27-28,34-36H,2-3,9,18-21H2,1H3/t27-,28-/m1/s1. The van der Waals surface area contributed by atoms with E-state index in [-0.39, 0.29) is 43.5 Å². The van der Waals surface area contributed by atoms with Crippen LogP contribution >= 0.6 is 0 Å². The molecule has 3 N–H and O–H groups in total. The number of amides is 3. The van der Waals surface area contributed by atoms with Crippen LogP contribution in [0.15, 0.2) is 78.9 Å². The number of rotatable bonds is 9. The molecule has 1 saturated heterocycles. The van der Waals surface area contributed by atoms with Gasteiger partial charge in [-0.1, -0.05) is 67.9 Å². The molecular formula is C30H35N3O5. The molecule has 200 valence electrons. The molecule has 0 saturated carbocycles. The molecule has 0 unspecified atom stereocenters. The van der Waals surface area contributed by atoms with Gasteiger partial charge in [0.1, 0.15) is 11.5 Å². The second-order valence-electron chi connectivity index (χ2n) is 9.70. The molecule has 3 amide bonds. The molecule has 2 atom stereocenters. The number of phenolic OH excluding ortho intramolecular Hbond substituents is 2. The molecular weight excluding hydrogens is 482 g/mol. The quantitative estimate of drug-likeness (QED) is 0.389. The third-order valence-corrected chi connectivity index (χ3v) is 6.84. The summed E-state index contributed by atoms with van der Waals surface area (Å²) in [6.45, 7) is 2.28. The summed E-state index contributed by atoms with van der Waals surface area (Å²) in [5.74, 6) is 0.0144. The van der Waals surface area contributed by atoms with Crippen molar-refractivity contribution in [2.45, 2.75) is 57.8 Å². The minimum atomic E-state index is -0.994. The molecule has 0 aromatic heterocycles. The lowest BCUT2D eigenvalue weighted by Gasteiger charge is -2.36. The smallest absolute Gasteiger partial charge is 0.339 e. The topological polar surface area (TPSA) is 105 Å². The number of carbonyl (C=O) groups is 2. The molecule has 8 nitrogen and oxygen atoms in total. The number of aliphatic hydroxyl groups excluding tert-OH is 1. The van der Waals surface area contributed by atoms with Crippen LogP contribution in [0.5, 0.6) is 11.5 Å². The molecule has 8 heteroatoms. The lowest BCUT2D eigenvalue weighted by Crippen LogP contribution is -2.52. The largest absolute Gasteiger partial charge is 0.508 e. The molecule has 3 aromatic carbocycles. The van der Waals surface area contributed by atoms with Gasteiger partial charge >= 0.3 is 6.03 Å². The Kier molecular flexibility index (Phi) is 8.86. The molecule has 1 aliphatic rings. The molecule has 1 heterocycles. The first kappa shape index (κ1) is 27.0. The first-order valence-electron chi connectivity index (χ1n) is 13.0. The van der Waals surface area contributed by atoms with Gasteiger partial charge in [0.05, 0.1) is 25.2 Å². The number of hydrazine groups is 1. The van der Waals surface area contributed by atoms with Gasteiger partial charge in [-0.15, -0.1) is 0 Å². The van der Waals surface area contributed by atoms with Gasteiger partial charge in [0.15, 0.2) is 0 Å². The normalized spacial score (nSPS) is 17.9. The van der Waals surface area contributed by atoms with E-state index < -0.39 is 18.2 Å². The minimum Gasteiger partial charge on any atom is -0.508 e. The number of hydrogen-bond acceptors (Lipinski definition) is 5. The van der Waals surface area contributed by atoms with Gasteiger partial charge in [-0.2, -0.15) is 0 Å². The van der Waals surface area contributed by atoms with Crippen molar-refractivity contribution in [2.75, 3.05) is 6.54 Å². The van der Waals surface area contributed by atoms with E-state index in [2.05, 4.69) is 0 Å². The fourth-order valence-electron chi connectivity index (χ4n) is 4.70. The lowest BCUT2D eigenvalue weighted by atomic mass is 9.99. The number of nitrogens with zero attached hydrogens (tertiary/aromatic N) is 3. The van der Waals surface area contributed by atoms with Crippen LogP contribution in [-0.4, -0.2) is 60.9 Å². The highest BCUT2D eigenvalue weighted by molar-refractivity contribution is 5.82. The lowest BCUT2D eigenvalue weighted by molar-refractivity contribution is -0.147. The van der Waals surface area contributed by atoms with Gasteiger partial charge in [-0.25, -0.2) is 14.8 Å². The average Bonchev–Trinajstić information content (AvgIpc) is 3.01. The van der Waals surface area contributed by atoms with Gasteiger partial charge < -0.3 is 20.2 Å². The number of carbonyl (C=O) groups excluding carboxylic acids is 2. The Morgan fingerprint density at radius 2 is 1.42 bits per heavy atom. The monoisotopic (exact) mass is 517 g/mol. The van der Waals surface area contributed by atoms with Gasteiger partial charge in [0, 0.05) is 13.0 Å². The maximum absolute atomic E-state index is 14.3. The van der Waals surface area contributed by atoms with Crippen LogP contribution in [0.1, 0.15) is 42.9 Å². The van der Waals surface area contributed by atoms with E-state index in [0.717, 1.165) is 23.1 Å². The number of unbranched alkanes of at least 4 members (excludes halogenated alkanes) is 1. The number of phenols is 2. The van der Waals surface area contributed by atoms with Crippen molar-refractivity contribution in [1.82, 2.24) is 14.9 Å². The third kappa shape index (κ3) is 6.63. The van der Waals surface area contributed by atoms with E-state index in [0.29, 0.717) is 12.8 Å². The maximum Gasteiger partial charge on any atom is 0.339 e. The highest BCUT2D eigenvalue weighted by Gasteiger charge is 2.41. The van der Waals surface area contributed by atoms with Gasteiger partial charge in [0.25, 0.3) is 0 Å². The molecule has 4 rings (SSSR count). The Bertz CT molecular complexity index is 1200. The molecule has 0 radical (unpaired) electrons. The second-order valence-corrected chi connectivity index (χ2v) is 9.70. The van der Waals surface area contributed by atoms with Crippen molar-refractivity contribution in [3.8, 4) is 11.5 Å². The van der Waals surface area contributed by atoms with Crippen LogP contribution < -0.4 is 0 Å². The van der Waals surface area contributed by atoms with E-state index >= 15 is 0 Å². The molecule has 38 heavy (non-hydrogen) atoms. The average molecular weight is 518 g/mol. The van der Waals surface area contributed by atoms with Gasteiger partial charge in [-0.05, 0) is 53.8 Å². The van der Waals surface area contributed by atoms with Crippen molar-refractivity contribution >= 4 is 11.9 Å². The van der Waals surface area contributed by atoms with E-state index in [1.807, 2.05) is 37.3 Å². The van der Waals surface area contributed by atoms with Crippen molar-refractivity contribution < 1.29 is 24.9 Å². The molecule has 0 spiro atoms. The maximum atomic E-state index is 14.3. The summed E-state index contributed by atoms with van der Waals surface area (Å²) in [7, 11) is 0. The van der Waals surface area contributed by atoms with Crippen molar-refractivity contribution in [1.29, 1.82) is 0 Å². The van der Waals surface area contributed by atoms with Crippen LogP contribution in [0.3, 0.4) is 0 Å². The summed E-state index contributed by atoms with van der Waals surface area (Å²) in [5, 5.41) is 33.8. The molecule has 3 aromatic rings. The van der Waals surface area contributed by atoms with Crippen LogP contribution in [-0.2, 0) is 24.3 Å². The SMILES string of the molecule is CCCCC(=O)N1C[C@@H](O)[C@@H](Cc2ccccc2)N(Cc2ccc(O)cc2)C(=O)N1Cc1ccc(O)cc1. The second kappa shape index (κ2) is 12.5. The Hall–Kier alpha value is -4.04. The van der Waals surface area contributed by atoms with E-state index in [4.69, 9.17) is 0 Å². The Balaban J connectivity index is 1.74. The van der Waals surface area contributed by atoms with Gasteiger partial charge in [0.2, 0.25) is 5.91 Å². The zero-order chi connectivity index (χ0) is 27.1. The minimum absolute atomic E-state index is 0.0179. The summed E-state index contributed by atoms with van der Waals surface area (Å²) < 4.78 is 0. The third-order valence-electron chi connectivity index (χ3n) is 6.84. The number of aliphatic hydroxyl groups is 1. The Morgan fingerprint density at radius 3 is 2.00 bits per heavy atom. The summed E-state index contributed by atoms with van der Waals surface area (Å²) in [6, 6.07) is 21.8. The zero-order valence-corrected chi connectivity index (χ0v) is 21.6. The summed E-state index contributed by atoms with van der Waals surface area (Å²) in [4.78, 5) is 29.3. The van der Waals surface area contributed by atoms with E-state index in [9.17, 15) is 24.9 Å². The molecule has 1 fully saturated rings. The van der Waals surface area contributed by atoms with Crippen molar-refractivity contribution in [2.24, 2.45) is 0 Å². The first-order valence-corrected chi connectivity index (χ1v) is 13.0.